The van der Waals surface area contributed by atoms with Gasteiger partial charge in [-0.05, 0) is 56.0 Å². The number of nitrogens with zero attached hydrogens (tertiary/aromatic N) is 3. The van der Waals surface area contributed by atoms with E-state index in [2.05, 4.69) is 32.3 Å². The van der Waals surface area contributed by atoms with Gasteiger partial charge in [0.15, 0.2) is 5.82 Å². The predicted octanol–water partition coefficient (Wildman–Crippen LogP) is 4.67. The number of hydrogen-bond donors (Lipinski definition) is 2. The SMILES string of the molecule is CCc1ccc(NC(=O)[C@H](C)Nc2cccc(-c3nnc4n3CCCCC4)c2)cc1. The molecule has 30 heavy (non-hydrogen) atoms. The van der Waals surface area contributed by atoms with Crippen LogP contribution in [-0.2, 0) is 24.2 Å². The third-order valence-electron chi connectivity index (χ3n) is 5.64. The molecule has 156 valence electrons. The van der Waals surface area contributed by atoms with Crippen molar-refractivity contribution in [3.63, 3.8) is 0 Å². The zero-order valence-corrected chi connectivity index (χ0v) is 17.7. The van der Waals surface area contributed by atoms with E-state index in [1.54, 1.807) is 0 Å². The highest BCUT2D eigenvalue weighted by molar-refractivity contribution is 5.96. The van der Waals surface area contributed by atoms with Crippen LogP contribution in [0.2, 0.25) is 0 Å². The van der Waals surface area contributed by atoms with Gasteiger partial charge in [-0.2, -0.15) is 0 Å². The number of carbonyl (C=O) groups is 1. The fourth-order valence-corrected chi connectivity index (χ4v) is 3.84. The van der Waals surface area contributed by atoms with Crippen molar-refractivity contribution in [2.24, 2.45) is 0 Å². The molecule has 0 aliphatic carbocycles. The van der Waals surface area contributed by atoms with Gasteiger partial charge in [0.25, 0.3) is 0 Å². The minimum Gasteiger partial charge on any atom is -0.374 e. The highest BCUT2D eigenvalue weighted by atomic mass is 16.2. The van der Waals surface area contributed by atoms with Gasteiger partial charge in [-0.3, -0.25) is 4.79 Å². The summed E-state index contributed by atoms with van der Waals surface area (Å²) in [5.74, 6) is 1.91. The largest absolute Gasteiger partial charge is 0.374 e. The van der Waals surface area contributed by atoms with Crippen molar-refractivity contribution in [2.45, 2.75) is 58.5 Å². The van der Waals surface area contributed by atoms with E-state index < -0.39 is 0 Å². The van der Waals surface area contributed by atoms with E-state index in [-0.39, 0.29) is 11.9 Å². The number of amides is 1. The predicted molar refractivity (Wildman–Crippen MR) is 121 cm³/mol. The van der Waals surface area contributed by atoms with Crippen molar-refractivity contribution in [1.29, 1.82) is 0 Å². The van der Waals surface area contributed by atoms with Gasteiger partial charge in [0.1, 0.15) is 11.9 Å². The summed E-state index contributed by atoms with van der Waals surface area (Å²) >= 11 is 0. The molecule has 3 aromatic rings. The van der Waals surface area contributed by atoms with Crippen LogP contribution in [0.15, 0.2) is 48.5 Å². The number of hydrogen-bond acceptors (Lipinski definition) is 4. The quantitative estimate of drug-likeness (QED) is 0.627. The standard InChI is InChI=1S/C24H29N5O/c1-3-18-11-13-20(14-12-18)26-24(30)17(2)25-21-9-7-8-19(16-21)23-28-27-22-10-5-4-6-15-29(22)23/h7-9,11-14,16-17,25H,3-6,10,15H2,1-2H3,(H,26,30)/t17-/m0/s1. The first kappa shape index (κ1) is 20.1. The molecule has 6 heteroatoms. The third kappa shape index (κ3) is 4.53. The van der Waals surface area contributed by atoms with Gasteiger partial charge >= 0.3 is 0 Å². The van der Waals surface area contributed by atoms with Crippen molar-refractivity contribution < 1.29 is 4.79 Å². The molecule has 2 aromatic carbocycles. The molecule has 0 bridgehead atoms. The lowest BCUT2D eigenvalue weighted by atomic mass is 10.1. The van der Waals surface area contributed by atoms with Crippen LogP contribution < -0.4 is 10.6 Å². The van der Waals surface area contributed by atoms with Gasteiger partial charge in [-0.15, -0.1) is 10.2 Å². The van der Waals surface area contributed by atoms with Crippen LogP contribution in [-0.4, -0.2) is 26.7 Å². The van der Waals surface area contributed by atoms with E-state index >= 15 is 0 Å². The van der Waals surface area contributed by atoms with Crippen LogP contribution in [0, 0.1) is 0 Å². The molecule has 2 heterocycles. The molecule has 1 atom stereocenters. The Bertz CT molecular complexity index is 1010. The number of carbonyl (C=O) groups excluding carboxylic acids is 1. The Morgan fingerprint density at radius 3 is 2.70 bits per heavy atom. The molecule has 0 radical (unpaired) electrons. The van der Waals surface area contributed by atoms with Gasteiger partial charge < -0.3 is 15.2 Å². The van der Waals surface area contributed by atoms with Crippen molar-refractivity contribution in [1.82, 2.24) is 14.8 Å². The second-order valence-corrected chi connectivity index (χ2v) is 7.89. The van der Waals surface area contributed by atoms with Gasteiger partial charge in [0, 0.05) is 29.9 Å². The van der Waals surface area contributed by atoms with Crippen molar-refractivity contribution in [2.75, 3.05) is 10.6 Å². The zero-order valence-electron chi connectivity index (χ0n) is 17.7. The summed E-state index contributed by atoms with van der Waals surface area (Å²) in [6, 6.07) is 15.7. The minimum absolute atomic E-state index is 0.0685. The fraction of sp³-hybridized carbons (Fsp3) is 0.375. The highest BCUT2D eigenvalue weighted by Crippen LogP contribution is 2.25. The molecule has 0 unspecified atom stereocenters. The molecule has 1 aliphatic rings. The Hall–Kier alpha value is -3.15. The minimum atomic E-state index is -0.374. The zero-order chi connectivity index (χ0) is 20.9. The topological polar surface area (TPSA) is 71.8 Å². The Labute approximate surface area is 177 Å². The number of benzene rings is 2. The first-order valence-corrected chi connectivity index (χ1v) is 10.8. The lowest BCUT2D eigenvalue weighted by molar-refractivity contribution is -0.116. The summed E-state index contributed by atoms with van der Waals surface area (Å²) in [4.78, 5) is 12.6. The van der Waals surface area contributed by atoms with Crippen LogP contribution in [0.1, 0.15) is 44.5 Å². The van der Waals surface area contributed by atoms with Gasteiger partial charge in [-0.1, -0.05) is 37.6 Å². The first-order valence-electron chi connectivity index (χ1n) is 10.8. The fourth-order valence-electron chi connectivity index (χ4n) is 3.84. The Morgan fingerprint density at radius 2 is 1.90 bits per heavy atom. The van der Waals surface area contributed by atoms with Crippen molar-refractivity contribution >= 4 is 17.3 Å². The van der Waals surface area contributed by atoms with Crippen LogP contribution in [0.25, 0.3) is 11.4 Å². The summed E-state index contributed by atoms with van der Waals surface area (Å²) < 4.78 is 2.24. The highest BCUT2D eigenvalue weighted by Gasteiger charge is 2.17. The lowest BCUT2D eigenvalue weighted by Gasteiger charge is -2.16. The molecule has 0 saturated heterocycles. The lowest BCUT2D eigenvalue weighted by Crippen LogP contribution is -2.31. The number of aryl methyl sites for hydroxylation is 2. The molecule has 2 N–H and O–H groups in total. The number of aromatic nitrogens is 3. The molecule has 1 aliphatic heterocycles. The molecule has 6 nitrogen and oxygen atoms in total. The van der Waals surface area contributed by atoms with E-state index in [0.29, 0.717) is 0 Å². The molecular formula is C24H29N5O. The van der Waals surface area contributed by atoms with E-state index in [4.69, 9.17) is 0 Å². The van der Waals surface area contributed by atoms with Crippen molar-refractivity contribution in [3.05, 3.63) is 59.9 Å². The maximum Gasteiger partial charge on any atom is 0.246 e. The molecule has 1 amide bonds. The summed E-state index contributed by atoms with van der Waals surface area (Å²) in [7, 11) is 0. The van der Waals surface area contributed by atoms with E-state index in [0.717, 1.165) is 54.4 Å². The number of anilines is 2. The van der Waals surface area contributed by atoms with E-state index in [9.17, 15) is 4.79 Å². The molecule has 4 rings (SSSR count). The molecule has 0 fully saturated rings. The van der Waals surface area contributed by atoms with E-state index in [1.807, 2.05) is 55.5 Å². The summed E-state index contributed by atoms with van der Waals surface area (Å²) in [6.45, 7) is 4.95. The van der Waals surface area contributed by atoms with Gasteiger partial charge in [0.05, 0.1) is 0 Å². The normalized spacial score (nSPS) is 14.5. The number of rotatable bonds is 6. The second-order valence-electron chi connectivity index (χ2n) is 7.89. The monoisotopic (exact) mass is 403 g/mol. The van der Waals surface area contributed by atoms with Crippen LogP contribution in [0.4, 0.5) is 11.4 Å². The van der Waals surface area contributed by atoms with E-state index in [1.165, 1.54) is 18.4 Å². The van der Waals surface area contributed by atoms with Gasteiger partial charge in [-0.25, -0.2) is 0 Å². The smallest absolute Gasteiger partial charge is 0.246 e. The maximum atomic E-state index is 12.6. The summed E-state index contributed by atoms with van der Waals surface area (Å²) in [6.07, 6.45) is 5.54. The molecular weight excluding hydrogens is 374 g/mol. The van der Waals surface area contributed by atoms with Gasteiger partial charge in [0.2, 0.25) is 5.91 Å². The Morgan fingerprint density at radius 1 is 1.07 bits per heavy atom. The third-order valence-corrected chi connectivity index (χ3v) is 5.64. The molecule has 0 spiro atoms. The maximum absolute atomic E-state index is 12.6. The molecule has 0 saturated carbocycles. The van der Waals surface area contributed by atoms with Crippen LogP contribution >= 0.6 is 0 Å². The summed E-state index contributed by atoms with van der Waals surface area (Å²) in [5, 5.41) is 15.1. The number of fused-ring (bicyclic) bond motifs is 1. The second kappa shape index (κ2) is 9.11. The van der Waals surface area contributed by atoms with Crippen LogP contribution in [0.5, 0.6) is 0 Å². The Kier molecular flexibility index (Phi) is 6.12. The summed E-state index contributed by atoms with van der Waals surface area (Å²) in [5.41, 5.74) is 3.97. The average Bonchev–Trinajstić information content (AvgIpc) is 3.02. The van der Waals surface area contributed by atoms with Crippen LogP contribution in [0.3, 0.4) is 0 Å². The first-order chi connectivity index (χ1) is 14.6. The average molecular weight is 404 g/mol. The molecule has 1 aromatic heterocycles. The number of nitrogens with one attached hydrogen (secondary N) is 2. The Balaban J connectivity index is 1.45. The van der Waals surface area contributed by atoms with Crippen molar-refractivity contribution in [3.8, 4) is 11.4 Å².